The molecule has 0 spiro atoms. The van der Waals surface area contributed by atoms with Gasteiger partial charge in [0.15, 0.2) is 0 Å². The topological polar surface area (TPSA) is 91.4 Å². The number of nitrogens with one attached hydrogen (secondary N) is 2. The maximum Gasteiger partial charge on any atom is 0.411 e. The van der Waals surface area contributed by atoms with E-state index in [1.807, 2.05) is 30.3 Å². The summed E-state index contributed by atoms with van der Waals surface area (Å²) < 4.78 is 5.14. The SMILES string of the molecule is O=C(Nc1ccc2[nH]c(C(=O)O)cc2c1)OCc1ccccc1. The molecule has 0 aliphatic heterocycles. The molecule has 6 heteroatoms. The number of aromatic amines is 1. The van der Waals surface area contributed by atoms with Gasteiger partial charge in [-0.1, -0.05) is 30.3 Å². The second-order valence-electron chi connectivity index (χ2n) is 4.98. The Bertz CT molecular complexity index is 855. The zero-order valence-electron chi connectivity index (χ0n) is 12.1. The van der Waals surface area contributed by atoms with Crippen LogP contribution in [-0.2, 0) is 11.3 Å². The van der Waals surface area contributed by atoms with Gasteiger partial charge in [-0.15, -0.1) is 0 Å². The molecule has 6 nitrogen and oxygen atoms in total. The normalized spacial score (nSPS) is 10.4. The number of carbonyl (C=O) groups is 2. The summed E-state index contributed by atoms with van der Waals surface area (Å²) in [4.78, 5) is 25.5. The smallest absolute Gasteiger partial charge is 0.411 e. The monoisotopic (exact) mass is 310 g/mol. The second kappa shape index (κ2) is 6.23. The van der Waals surface area contributed by atoms with Crippen LogP contribution in [0.4, 0.5) is 10.5 Å². The molecule has 3 N–H and O–H groups in total. The molecule has 3 aromatic rings. The fourth-order valence-electron chi connectivity index (χ4n) is 2.20. The van der Waals surface area contributed by atoms with Crippen LogP contribution in [-0.4, -0.2) is 22.2 Å². The summed E-state index contributed by atoms with van der Waals surface area (Å²) in [6.07, 6.45) is -0.567. The van der Waals surface area contributed by atoms with Gasteiger partial charge in [0.1, 0.15) is 12.3 Å². The third-order valence-corrected chi connectivity index (χ3v) is 3.31. The first-order chi connectivity index (χ1) is 11.1. The van der Waals surface area contributed by atoms with Crippen molar-refractivity contribution in [2.24, 2.45) is 0 Å². The molecule has 0 bridgehead atoms. The minimum absolute atomic E-state index is 0.101. The number of rotatable bonds is 4. The average molecular weight is 310 g/mol. The summed E-state index contributed by atoms with van der Waals surface area (Å²) in [5.74, 6) is -1.03. The molecule has 0 aliphatic carbocycles. The molecular formula is C17H14N2O4. The number of H-pyrrole nitrogens is 1. The Hall–Kier alpha value is -3.28. The molecule has 116 valence electrons. The lowest BCUT2D eigenvalue weighted by Crippen LogP contribution is -2.13. The summed E-state index contributed by atoms with van der Waals surface area (Å²) in [6, 6.07) is 15.9. The Kier molecular flexibility index (Phi) is 3.97. The van der Waals surface area contributed by atoms with Crippen molar-refractivity contribution in [3.63, 3.8) is 0 Å². The molecule has 0 atom stereocenters. The molecule has 0 saturated heterocycles. The van der Waals surface area contributed by atoms with E-state index in [9.17, 15) is 9.59 Å². The van der Waals surface area contributed by atoms with Crippen LogP contribution in [0.2, 0.25) is 0 Å². The fourth-order valence-corrected chi connectivity index (χ4v) is 2.20. The second-order valence-corrected chi connectivity index (χ2v) is 4.98. The summed E-state index contributed by atoms with van der Waals surface area (Å²) in [5, 5.41) is 12.3. The van der Waals surface area contributed by atoms with Crippen LogP contribution >= 0.6 is 0 Å². The highest BCUT2D eigenvalue weighted by molar-refractivity contribution is 5.96. The van der Waals surface area contributed by atoms with E-state index in [4.69, 9.17) is 9.84 Å². The van der Waals surface area contributed by atoms with Gasteiger partial charge in [-0.2, -0.15) is 0 Å². The van der Waals surface area contributed by atoms with Gasteiger partial charge >= 0.3 is 12.1 Å². The van der Waals surface area contributed by atoms with E-state index < -0.39 is 12.1 Å². The lowest BCUT2D eigenvalue weighted by atomic mass is 10.2. The van der Waals surface area contributed by atoms with Crippen molar-refractivity contribution in [1.29, 1.82) is 0 Å². The molecule has 1 aromatic heterocycles. The third-order valence-electron chi connectivity index (χ3n) is 3.31. The average Bonchev–Trinajstić information content (AvgIpc) is 2.97. The summed E-state index contributed by atoms with van der Waals surface area (Å²) in [7, 11) is 0. The van der Waals surface area contributed by atoms with Gasteiger partial charge in [-0.05, 0) is 29.8 Å². The molecule has 0 unspecified atom stereocenters. The zero-order chi connectivity index (χ0) is 16.2. The number of carboxylic acid groups (broad SMARTS) is 1. The molecule has 1 heterocycles. The third kappa shape index (κ3) is 3.49. The highest BCUT2D eigenvalue weighted by atomic mass is 16.5. The van der Waals surface area contributed by atoms with Crippen molar-refractivity contribution < 1.29 is 19.4 Å². The van der Waals surface area contributed by atoms with Gasteiger partial charge in [0.05, 0.1) is 0 Å². The molecule has 0 aliphatic rings. The largest absolute Gasteiger partial charge is 0.477 e. The van der Waals surface area contributed by atoms with Crippen LogP contribution < -0.4 is 5.32 Å². The van der Waals surface area contributed by atoms with Gasteiger partial charge in [-0.3, -0.25) is 5.32 Å². The Labute approximate surface area is 131 Å². The number of carbonyl (C=O) groups excluding carboxylic acids is 1. The molecule has 0 radical (unpaired) electrons. The Morgan fingerprint density at radius 3 is 2.61 bits per heavy atom. The first-order valence-electron chi connectivity index (χ1n) is 6.95. The maximum absolute atomic E-state index is 11.8. The van der Waals surface area contributed by atoms with E-state index in [2.05, 4.69) is 10.3 Å². The van der Waals surface area contributed by atoms with Gasteiger partial charge in [0, 0.05) is 16.6 Å². The number of ether oxygens (including phenoxy) is 1. The van der Waals surface area contributed by atoms with Crippen molar-refractivity contribution in [2.75, 3.05) is 5.32 Å². The van der Waals surface area contributed by atoms with Gasteiger partial charge in [-0.25, -0.2) is 9.59 Å². The standard InChI is InChI=1S/C17H14N2O4/c20-16(21)15-9-12-8-13(6-7-14(12)19-15)18-17(22)23-10-11-4-2-1-3-5-11/h1-9,19H,10H2,(H,18,22)(H,20,21). The van der Waals surface area contributed by atoms with E-state index in [0.29, 0.717) is 16.6 Å². The van der Waals surface area contributed by atoms with Crippen molar-refractivity contribution in [3.8, 4) is 0 Å². The van der Waals surface area contributed by atoms with Crippen molar-refractivity contribution in [2.45, 2.75) is 6.61 Å². The molecular weight excluding hydrogens is 296 g/mol. The first kappa shape index (κ1) is 14.6. The summed E-state index contributed by atoms with van der Waals surface area (Å²) in [6.45, 7) is 0.183. The molecule has 23 heavy (non-hydrogen) atoms. The Morgan fingerprint density at radius 2 is 1.87 bits per heavy atom. The van der Waals surface area contributed by atoms with Crippen molar-refractivity contribution >= 4 is 28.7 Å². The van der Waals surface area contributed by atoms with Crippen LogP contribution in [0.5, 0.6) is 0 Å². The van der Waals surface area contributed by atoms with Crippen LogP contribution in [0.15, 0.2) is 54.6 Å². The molecule has 0 saturated carbocycles. The number of benzene rings is 2. The van der Waals surface area contributed by atoms with Crippen LogP contribution in [0.25, 0.3) is 10.9 Å². The quantitative estimate of drug-likeness (QED) is 0.686. The fraction of sp³-hybridized carbons (Fsp3) is 0.0588. The number of fused-ring (bicyclic) bond motifs is 1. The van der Waals surface area contributed by atoms with Crippen LogP contribution in [0, 0.1) is 0 Å². The highest BCUT2D eigenvalue weighted by Gasteiger charge is 2.09. The van der Waals surface area contributed by atoms with Crippen molar-refractivity contribution in [1.82, 2.24) is 4.98 Å². The van der Waals surface area contributed by atoms with E-state index >= 15 is 0 Å². The zero-order valence-corrected chi connectivity index (χ0v) is 12.1. The van der Waals surface area contributed by atoms with Gasteiger partial charge in [0.2, 0.25) is 0 Å². The minimum atomic E-state index is -1.03. The first-order valence-corrected chi connectivity index (χ1v) is 6.95. The molecule has 0 fully saturated rings. The highest BCUT2D eigenvalue weighted by Crippen LogP contribution is 2.20. The number of hydrogen-bond acceptors (Lipinski definition) is 3. The van der Waals surface area contributed by atoms with E-state index in [-0.39, 0.29) is 12.3 Å². The summed E-state index contributed by atoms with van der Waals surface area (Å²) >= 11 is 0. The van der Waals surface area contributed by atoms with E-state index in [0.717, 1.165) is 5.56 Å². The Morgan fingerprint density at radius 1 is 1.09 bits per heavy atom. The lowest BCUT2D eigenvalue weighted by molar-refractivity contribution is 0.0691. The maximum atomic E-state index is 11.8. The number of carboxylic acids is 1. The van der Waals surface area contributed by atoms with Crippen LogP contribution in [0.3, 0.4) is 0 Å². The number of hydrogen-bond donors (Lipinski definition) is 3. The molecule has 2 aromatic carbocycles. The number of amides is 1. The predicted octanol–water partition coefficient (Wildman–Crippen LogP) is 3.61. The molecule has 3 rings (SSSR count). The lowest BCUT2D eigenvalue weighted by Gasteiger charge is -2.07. The van der Waals surface area contributed by atoms with E-state index in [1.54, 1.807) is 18.2 Å². The van der Waals surface area contributed by atoms with Crippen molar-refractivity contribution in [3.05, 3.63) is 65.9 Å². The van der Waals surface area contributed by atoms with Crippen LogP contribution in [0.1, 0.15) is 16.1 Å². The number of anilines is 1. The van der Waals surface area contributed by atoms with Gasteiger partial charge in [0.25, 0.3) is 0 Å². The van der Waals surface area contributed by atoms with E-state index in [1.165, 1.54) is 6.07 Å². The number of aromatic carboxylic acids is 1. The minimum Gasteiger partial charge on any atom is -0.477 e. The Balaban J connectivity index is 1.66. The summed E-state index contributed by atoms with van der Waals surface area (Å²) in [5.41, 5.74) is 2.22. The number of aromatic nitrogens is 1. The van der Waals surface area contributed by atoms with Gasteiger partial charge < -0.3 is 14.8 Å². The molecule has 1 amide bonds. The predicted molar refractivity (Wildman–Crippen MR) is 85.5 cm³/mol.